The van der Waals surface area contributed by atoms with E-state index in [0.29, 0.717) is 35.6 Å². The number of nitrogens with zero attached hydrogens (tertiary/aromatic N) is 2. The van der Waals surface area contributed by atoms with Gasteiger partial charge in [0.25, 0.3) is 5.91 Å². The summed E-state index contributed by atoms with van der Waals surface area (Å²) in [7, 11) is 0. The van der Waals surface area contributed by atoms with Crippen LogP contribution in [0.4, 0.5) is 4.39 Å². The number of nitrogens with two attached hydrogens (primary N) is 1. The van der Waals surface area contributed by atoms with Crippen LogP contribution in [0.1, 0.15) is 17.3 Å². The summed E-state index contributed by atoms with van der Waals surface area (Å²) in [6, 6.07) is 4.54. The molecular weight excluding hydrogens is 357 g/mol. The first-order valence-corrected chi connectivity index (χ1v) is 7.88. The fraction of sp³-hybridized carbons (Fsp3) is 0.429. The summed E-state index contributed by atoms with van der Waals surface area (Å²) in [5.41, 5.74) is 5.74. The van der Waals surface area contributed by atoms with Crippen LogP contribution in [0.15, 0.2) is 22.7 Å². The molecule has 1 aromatic rings. The van der Waals surface area contributed by atoms with Crippen molar-refractivity contribution in [2.45, 2.75) is 13.0 Å². The molecular formula is C14H17BrFN3OS. The molecule has 0 bridgehead atoms. The number of halogens is 2. The minimum atomic E-state index is -0.506. The van der Waals surface area contributed by atoms with Gasteiger partial charge in [-0.3, -0.25) is 9.69 Å². The van der Waals surface area contributed by atoms with Crippen LogP contribution in [0.5, 0.6) is 0 Å². The predicted octanol–water partition coefficient (Wildman–Crippen LogP) is 2.02. The summed E-state index contributed by atoms with van der Waals surface area (Å²) in [6.45, 7) is 4.37. The van der Waals surface area contributed by atoms with E-state index < -0.39 is 5.82 Å². The zero-order valence-electron chi connectivity index (χ0n) is 11.7. The van der Waals surface area contributed by atoms with Crippen LogP contribution in [0.25, 0.3) is 0 Å². The lowest BCUT2D eigenvalue weighted by atomic mass is 10.1. The van der Waals surface area contributed by atoms with Crippen molar-refractivity contribution in [3.8, 4) is 0 Å². The van der Waals surface area contributed by atoms with E-state index >= 15 is 0 Å². The number of rotatable bonds is 3. The number of amides is 1. The maximum atomic E-state index is 13.8. The smallest absolute Gasteiger partial charge is 0.258 e. The van der Waals surface area contributed by atoms with Gasteiger partial charge in [-0.05, 0) is 35.0 Å². The van der Waals surface area contributed by atoms with Gasteiger partial charge in [0, 0.05) is 30.7 Å². The molecule has 4 nitrogen and oxygen atoms in total. The molecule has 1 aliphatic rings. The van der Waals surface area contributed by atoms with E-state index in [0.717, 1.165) is 0 Å². The SMILES string of the molecule is CC(C(N)=S)N1CCN(C(=O)c2c(F)cccc2Br)CC1. The number of hydrogen-bond donors (Lipinski definition) is 1. The topological polar surface area (TPSA) is 49.6 Å². The van der Waals surface area contributed by atoms with Crippen LogP contribution < -0.4 is 5.73 Å². The Morgan fingerprint density at radius 1 is 1.38 bits per heavy atom. The average Bonchev–Trinajstić information content (AvgIpc) is 2.46. The number of carbonyl (C=O) groups is 1. The summed E-state index contributed by atoms with van der Waals surface area (Å²) in [5, 5.41) is 0. The molecule has 0 aromatic heterocycles. The number of piperazine rings is 1. The van der Waals surface area contributed by atoms with Crippen molar-refractivity contribution < 1.29 is 9.18 Å². The molecule has 1 heterocycles. The summed E-state index contributed by atoms with van der Waals surface area (Å²) in [6.07, 6.45) is 0. The molecule has 0 spiro atoms. The largest absolute Gasteiger partial charge is 0.392 e. The monoisotopic (exact) mass is 373 g/mol. The molecule has 2 N–H and O–H groups in total. The Morgan fingerprint density at radius 2 is 2.00 bits per heavy atom. The van der Waals surface area contributed by atoms with Crippen LogP contribution in [-0.2, 0) is 0 Å². The van der Waals surface area contributed by atoms with Gasteiger partial charge in [0.2, 0.25) is 0 Å². The molecule has 2 rings (SSSR count). The molecule has 1 aliphatic heterocycles. The maximum absolute atomic E-state index is 13.8. The Morgan fingerprint density at radius 3 is 2.52 bits per heavy atom. The molecule has 0 aliphatic carbocycles. The fourth-order valence-corrected chi connectivity index (χ4v) is 3.01. The van der Waals surface area contributed by atoms with Crippen molar-refractivity contribution in [2.24, 2.45) is 5.73 Å². The Bertz CT molecular complexity index is 541. The van der Waals surface area contributed by atoms with Gasteiger partial charge in [-0.15, -0.1) is 0 Å². The zero-order chi connectivity index (χ0) is 15.6. The quantitative estimate of drug-likeness (QED) is 0.823. The fourth-order valence-electron chi connectivity index (χ4n) is 2.35. The lowest BCUT2D eigenvalue weighted by molar-refractivity contribution is 0.0616. The number of carbonyl (C=O) groups excluding carboxylic acids is 1. The Hall–Kier alpha value is -1.05. The van der Waals surface area contributed by atoms with Gasteiger partial charge in [0.1, 0.15) is 5.82 Å². The van der Waals surface area contributed by atoms with Gasteiger partial charge in [-0.1, -0.05) is 18.3 Å². The second-order valence-corrected chi connectivity index (χ2v) is 6.33. The molecule has 1 atom stereocenters. The maximum Gasteiger partial charge on any atom is 0.258 e. The molecule has 1 fully saturated rings. The standard InChI is InChI=1S/C14H17BrFN3OS/c1-9(13(17)21)18-5-7-19(8-6-18)14(20)12-10(15)3-2-4-11(12)16/h2-4,9H,5-8H2,1H3,(H2,17,21). The minimum Gasteiger partial charge on any atom is -0.392 e. The number of hydrogen-bond acceptors (Lipinski definition) is 3. The molecule has 1 amide bonds. The molecule has 7 heteroatoms. The van der Waals surface area contributed by atoms with E-state index in [-0.39, 0.29) is 17.5 Å². The highest BCUT2D eigenvalue weighted by Gasteiger charge is 2.27. The van der Waals surface area contributed by atoms with E-state index in [1.807, 2.05) is 6.92 Å². The Balaban J connectivity index is 2.06. The third-order valence-electron chi connectivity index (χ3n) is 3.74. The van der Waals surface area contributed by atoms with Crippen molar-refractivity contribution in [1.82, 2.24) is 9.80 Å². The lowest BCUT2D eigenvalue weighted by Gasteiger charge is -2.37. The highest BCUT2D eigenvalue weighted by molar-refractivity contribution is 9.10. The van der Waals surface area contributed by atoms with Gasteiger partial charge in [-0.2, -0.15) is 0 Å². The summed E-state index contributed by atoms with van der Waals surface area (Å²) in [4.78, 5) is 16.7. The minimum absolute atomic E-state index is 0.0115. The van der Waals surface area contributed by atoms with E-state index in [9.17, 15) is 9.18 Å². The van der Waals surface area contributed by atoms with E-state index in [2.05, 4.69) is 20.8 Å². The van der Waals surface area contributed by atoms with Crippen molar-refractivity contribution in [3.05, 3.63) is 34.1 Å². The number of benzene rings is 1. The first-order valence-electron chi connectivity index (χ1n) is 6.68. The first kappa shape index (κ1) is 16.3. The van der Waals surface area contributed by atoms with Crippen molar-refractivity contribution >= 4 is 39.0 Å². The summed E-state index contributed by atoms with van der Waals surface area (Å²) in [5.74, 6) is -0.795. The highest BCUT2D eigenvalue weighted by atomic mass is 79.9. The molecule has 1 saturated heterocycles. The third kappa shape index (κ3) is 3.59. The normalized spacial score (nSPS) is 17.6. The first-order chi connectivity index (χ1) is 9.91. The Labute approximate surface area is 137 Å². The molecule has 1 aromatic carbocycles. The second-order valence-electron chi connectivity index (χ2n) is 5.00. The molecule has 0 radical (unpaired) electrons. The van der Waals surface area contributed by atoms with Crippen LogP contribution >= 0.6 is 28.1 Å². The van der Waals surface area contributed by atoms with Gasteiger partial charge in [0.05, 0.1) is 16.6 Å². The highest BCUT2D eigenvalue weighted by Crippen LogP contribution is 2.22. The van der Waals surface area contributed by atoms with Crippen LogP contribution in [0.3, 0.4) is 0 Å². The molecule has 21 heavy (non-hydrogen) atoms. The van der Waals surface area contributed by atoms with Crippen LogP contribution in [0, 0.1) is 5.82 Å². The molecule has 114 valence electrons. The van der Waals surface area contributed by atoms with Gasteiger partial charge >= 0.3 is 0 Å². The van der Waals surface area contributed by atoms with Gasteiger partial charge in [-0.25, -0.2) is 4.39 Å². The number of thiocarbonyl (C=S) groups is 1. The van der Waals surface area contributed by atoms with Crippen molar-refractivity contribution in [3.63, 3.8) is 0 Å². The van der Waals surface area contributed by atoms with E-state index in [4.69, 9.17) is 18.0 Å². The van der Waals surface area contributed by atoms with Crippen LogP contribution in [-0.4, -0.2) is 52.9 Å². The zero-order valence-corrected chi connectivity index (χ0v) is 14.1. The van der Waals surface area contributed by atoms with Gasteiger partial charge in [0.15, 0.2) is 0 Å². The molecule has 1 unspecified atom stereocenters. The Kier molecular flexibility index (Phi) is 5.29. The summed E-state index contributed by atoms with van der Waals surface area (Å²) < 4.78 is 14.3. The van der Waals surface area contributed by atoms with Gasteiger partial charge < -0.3 is 10.6 Å². The van der Waals surface area contributed by atoms with Crippen molar-refractivity contribution in [1.29, 1.82) is 0 Å². The van der Waals surface area contributed by atoms with Crippen molar-refractivity contribution in [2.75, 3.05) is 26.2 Å². The van der Waals surface area contributed by atoms with E-state index in [1.165, 1.54) is 6.07 Å². The summed E-state index contributed by atoms with van der Waals surface area (Å²) >= 11 is 8.23. The average molecular weight is 374 g/mol. The lowest BCUT2D eigenvalue weighted by Crippen LogP contribution is -2.54. The van der Waals surface area contributed by atoms with Crippen LogP contribution in [0.2, 0.25) is 0 Å². The second kappa shape index (κ2) is 6.81. The molecule has 0 saturated carbocycles. The third-order valence-corrected chi connectivity index (χ3v) is 4.74. The predicted molar refractivity (Wildman–Crippen MR) is 87.8 cm³/mol. The van der Waals surface area contributed by atoms with E-state index in [1.54, 1.807) is 17.0 Å².